The number of nitrogens with one attached hydrogen (secondary N) is 3. The van der Waals surface area contributed by atoms with Gasteiger partial charge in [-0.05, 0) is 36.4 Å². The van der Waals surface area contributed by atoms with E-state index >= 15 is 0 Å². The molecule has 0 saturated heterocycles. The maximum atomic E-state index is 10.1. The van der Waals surface area contributed by atoms with Crippen LogP contribution in [0.4, 0.5) is 17.1 Å². The second-order valence-corrected chi connectivity index (χ2v) is 3.46. The summed E-state index contributed by atoms with van der Waals surface area (Å²) in [6, 6.07) is 17.6. The highest BCUT2D eigenvalue weighted by Gasteiger charge is 1.94. The Kier molecular flexibility index (Phi) is 3.60. The number of rotatable bonds is 5. The number of benzene rings is 2. The number of para-hydroxylation sites is 1. The fourth-order valence-electron chi connectivity index (χ4n) is 1.44. The lowest BCUT2D eigenvalue weighted by molar-refractivity contribution is -0.109. The van der Waals surface area contributed by atoms with E-state index in [-0.39, 0.29) is 0 Å². The Morgan fingerprint density at radius 3 is 2.00 bits per heavy atom. The highest BCUT2D eigenvalue weighted by Crippen LogP contribution is 2.17. The third-order valence-electron chi connectivity index (χ3n) is 2.22. The SMILES string of the molecule is O=CNNc1ccc(Nc2ccccc2)cc1. The number of carbonyl (C=O) groups excluding carboxylic acids is 1. The first-order valence-electron chi connectivity index (χ1n) is 5.26. The average molecular weight is 227 g/mol. The molecule has 4 nitrogen and oxygen atoms in total. The van der Waals surface area contributed by atoms with Crippen molar-refractivity contribution in [1.29, 1.82) is 0 Å². The van der Waals surface area contributed by atoms with E-state index in [2.05, 4.69) is 16.2 Å². The summed E-state index contributed by atoms with van der Waals surface area (Å²) in [5.41, 5.74) is 7.99. The Labute approximate surface area is 99.6 Å². The van der Waals surface area contributed by atoms with Gasteiger partial charge in [-0.15, -0.1) is 0 Å². The highest BCUT2D eigenvalue weighted by atomic mass is 16.1. The lowest BCUT2D eigenvalue weighted by Gasteiger charge is -2.08. The highest BCUT2D eigenvalue weighted by molar-refractivity contribution is 5.62. The van der Waals surface area contributed by atoms with Crippen LogP contribution in [-0.4, -0.2) is 6.41 Å². The zero-order chi connectivity index (χ0) is 11.9. The van der Waals surface area contributed by atoms with Crippen molar-refractivity contribution in [2.45, 2.75) is 0 Å². The van der Waals surface area contributed by atoms with Gasteiger partial charge in [0.25, 0.3) is 0 Å². The Hall–Kier alpha value is -2.49. The maximum Gasteiger partial charge on any atom is 0.225 e. The number of hydrogen-bond acceptors (Lipinski definition) is 3. The molecule has 0 atom stereocenters. The third kappa shape index (κ3) is 3.24. The largest absolute Gasteiger partial charge is 0.356 e. The maximum absolute atomic E-state index is 10.1. The summed E-state index contributed by atoms with van der Waals surface area (Å²) in [6.45, 7) is 0. The third-order valence-corrected chi connectivity index (χ3v) is 2.22. The number of hydrogen-bond donors (Lipinski definition) is 3. The number of amides is 1. The van der Waals surface area contributed by atoms with Crippen LogP contribution in [0.2, 0.25) is 0 Å². The van der Waals surface area contributed by atoms with Gasteiger partial charge in [-0.25, -0.2) is 0 Å². The summed E-state index contributed by atoms with van der Waals surface area (Å²) in [5.74, 6) is 0. The minimum Gasteiger partial charge on any atom is -0.356 e. The van der Waals surface area contributed by atoms with Gasteiger partial charge in [-0.2, -0.15) is 0 Å². The van der Waals surface area contributed by atoms with Crippen molar-refractivity contribution in [3.05, 3.63) is 54.6 Å². The molecule has 2 aromatic rings. The molecule has 4 heteroatoms. The molecule has 0 heterocycles. The van der Waals surface area contributed by atoms with Crippen molar-refractivity contribution in [3.8, 4) is 0 Å². The molecule has 0 aromatic heterocycles. The van der Waals surface area contributed by atoms with Gasteiger partial charge in [0.15, 0.2) is 0 Å². The molecule has 3 N–H and O–H groups in total. The van der Waals surface area contributed by atoms with Crippen molar-refractivity contribution in [2.75, 3.05) is 10.7 Å². The van der Waals surface area contributed by atoms with Gasteiger partial charge in [0, 0.05) is 11.4 Å². The fraction of sp³-hybridized carbons (Fsp3) is 0. The van der Waals surface area contributed by atoms with Gasteiger partial charge < -0.3 is 5.32 Å². The van der Waals surface area contributed by atoms with Gasteiger partial charge in [0.2, 0.25) is 6.41 Å². The standard InChI is InChI=1S/C13H13N3O/c17-10-14-16-13-8-6-12(7-9-13)15-11-4-2-1-3-5-11/h1-10,15-16H,(H,14,17). The fourth-order valence-corrected chi connectivity index (χ4v) is 1.44. The molecule has 0 aliphatic heterocycles. The van der Waals surface area contributed by atoms with E-state index in [0.717, 1.165) is 17.1 Å². The van der Waals surface area contributed by atoms with Crippen LogP contribution in [0.5, 0.6) is 0 Å². The van der Waals surface area contributed by atoms with Crippen molar-refractivity contribution in [1.82, 2.24) is 5.43 Å². The van der Waals surface area contributed by atoms with Crippen molar-refractivity contribution in [2.24, 2.45) is 0 Å². The molecule has 1 amide bonds. The van der Waals surface area contributed by atoms with E-state index in [1.807, 2.05) is 54.6 Å². The first-order valence-corrected chi connectivity index (χ1v) is 5.26. The summed E-state index contributed by atoms with van der Waals surface area (Å²) in [4.78, 5) is 10.1. The molecule has 0 spiro atoms. The van der Waals surface area contributed by atoms with Crippen molar-refractivity contribution < 1.29 is 4.79 Å². The number of carbonyl (C=O) groups is 1. The second-order valence-electron chi connectivity index (χ2n) is 3.46. The van der Waals surface area contributed by atoms with Gasteiger partial charge in [0.1, 0.15) is 0 Å². The van der Waals surface area contributed by atoms with Gasteiger partial charge >= 0.3 is 0 Å². The minimum atomic E-state index is 0.593. The van der Waals surface area contributed by atoms with Gasteiger partial charge in [-0.1, -0.05) is 18.2 Å². The summed E-state index contributed by atoms with van der Waals surface area (Å²) < 4.78 is 0. The molecule has 86 valence electrons. The van der Waals surface area contributed by atoms with Crippen LogP contribution in [-0.2, 0) is 4.79 Å². The van der Waals surface area contributed by atoms with E-state index < -0.39 is 0 Å². The van der Waals surface area contributed by atoms with Crippen LogP contribution in [0.15, 0.2) is 54.6 Å². The monoisotopic (exact) mass is 227 g/mol. The molecule has 0 unspecified atom stereocenters. The molecule has 0 aliphatic rings. The average Bonchev–Trinajstić information content (AvgIpc) is 2.39. The Balaban J connectivity index is 2.01. The predicted molar refractivity (Wildman–Crippen MR) is 69.0 cm³/mol. The Morgan fingerprint density at radius 1 is 0.765 bits per heavy atom. The van der Waals surface area contributed by atoms with E-state index in [1.54, 1.807) is 0 Å². The summed E-state index contributed by atoms with van der Waals surface area (Å²) in [7, 11) is 0. The van der Waals surface area contributed by atoms with E-state index in [9.17, 15) is 4.79 Å². The van der Waals surface area contributed by atoms with Crippen LogP contribution >= 0.6 is 0 Å². The van der Waals surface area contributed by atoms with Crippen molar-refractivity contribution in [3.63, 3.8) is 0 Å². The smallest absolute Gasteiger partial charge is 0.225 e. The molecule has 2 rings (SSSR count). The lowest BCUT2D eigenvalue weighted by atomic mass is 10.2. The molecular weight excluding hydrogens is 214 g/mol. The van der Waals surface area contributed by atoms with Crippen LogP contribution in [0.1, 0.15) is 0 Å². The van der Waals surface area contributed by atoms with Crippen LogP contribution in [0, 0.1) is 0 Å². The molecule has 0 saturated carbocycles. The van der Waals surface area contributed by atoms with Crippen LogP contribution in [0.25, 0.3) is 0 Å². The van der Waals surface area contributed by atoms with E-state index in [0.29, 0.717) is 6.41 Å². The molecule has 0 bridgehead atoms. The normalized spacial score (nSPS) is 9.41. The van der Waals surface area contributed by atoms with Gasteiger partial charge in [-0.3, -0.25) is 15.6 Å². The van der Waals surface area contributed by atoms with Gasteiger partial charge in [0.05, 0.1) is 5.69 Å². The lowest BCUT2D eigenvalue weighted by Crippen LogP contribution is -2.18. The topological polar surface area (TPSA) is 53.2 Å². The Bertz CT molecular complexity index is 468. The predicted octanol–water partition coefficient (Wildman–Crippen LogP) is 2.50. The second kappa shape index (κ2) is 5.55. The summed E-state index contributed by atoms with van der Waals surface area (Å²) in [5, 5.41) is 3.27. The summed E-state index contributed by atoms with van der Waals surface area (Å²) in [6.07, 6.45) is 0.593. The molecule has 0 radical (unpaired) electrons. The van der Waals surface area contributed by atoms with Crippen molar-refractivity contribution >= 4 is 23.5 Å². The number of hydrazine groups is 1. The molecule has 2 aromatic carbocycles. The van der Waals surface area contributed by atoms with Crippen LogP contribution < -0.4 is 16.2 Å². The summed E-state index contributed by atoms with van der Waals surface area (Å²) >= 11 is 0. The number of anilines is 3. The van der Waals surface area contributed by atoms with Crippen LogP contribution in [0.3, 0.4) is 0 Å². The van der Waals surface area contributed by atoms with E-state index in [1.165, 1.54) is 0 Å². The molecule has 0 aliphatic carbocycles. The zero-order valence-electron chi connectivity index (χ0n) is 9.18. The Morgan fingerprint density at radius 2 is 1.35 bits per heavy atom. The first-order chi connectivity index (χ1) is 8.38. The quantitative estimate of drug-likeness (QED) is 0.543. The molecule has 17 heavy (non-hydrogen) atoms. The molecule has 0 fully saturated rings. The minimum absolute atomic E-state index is 0.593. The zero-order valence-corrected chi connectivity index (χ0v) is 9.18. The first kappa shape index (κ1) is 11.0. The molecular formula is C13H13N3O. The van der Waals surface area contributed by atoms with E-state index in [4.69, 9.17) is 0 Å².